The van der Waals surface area contributed by atoms with Crippen molar-refractivity contribution in [3.05, 3.63) is 29.7 Å². The fraction of sp³-hybridized carbons (Fsp3) is 0.562. The van der Waals surface area contributed by atoms with Gasteiger partial charge in [-0.3, -0.25) is 9.20 Å². The summed E-state index contributed by atoms with van der Waals surface area (Å²) in [7, 11) is 1.99. The number of nitrogens with zero attached hydrogens (tertiary/aromatic N) is 4. The molecule has 0 aromatic carbocycles. The van der Waals surface area contributed by atoms with Crippen molar-refractivity contribution in [3.63, 3.8) is 0 Å². The molecule has 0 radical (unpaired) electrons. The number of rotatable bonds is 4. The van der Waals surface area contributed by atoms with Crippen LogP contribution < -0.4 is 5.32 Å². The standard InChI is InChI=1S/C16H23N5O/c1-12-18-19-15-4-3-14(11-21(12)15)16(22)20-9-6-13(7-10-20)5-8-17-2/h3-4,11,13,17H,5-10H2,1-2H3. The number of likely N-dealkylation sites (tertiary alicyclic amines) is 1. The van der Waals surface area contributed by atoms with E-state index in [1.165, 1.54) is 6.42 Å². The Morgan fingerprint density at radius 2 is 2.09 bits per heavy atom. The van der Waals surface area contributed by atoms with Crippen molar-refractivity contribution in [1.29, 1.82) is 0 Å². The van der Waals surface area contributed by atoms with Crippen molar-refractivity contribution in [1.82, 2.24) is 24.8 Å². The molecule has 1 saturated heterocycles. The zero-order valence-corrected chi connectivity index (χ0v) is 13.2. The molecule has 3 rings (SSSR count). The van der Waals surface area contributed by atoms with E-state index in [-0.39, 0.29) is 5.91 Å². The Hall–Kier alpha value is -1.95. The van der Waals surface area contributed by atoms with Crippen LogP contribution in [0.4, 0.5) is 0 Å². The summed E-state index contributed by atoms with van der Waals surface area (Å²) < 4.78 is 1.87. The third kappa shape index (κ3) is 2.97. The minimum atomic E-state index is 0.113. The molecule has 0 spiro atoms. The molecule has 0 saturated carbocycles. The van der Waals surface area contributed by atoms with Crippen molar-refractivity contribution in [2.24, 2.45) is 5.92 Å². The molecule has 0 bridgehead atoms. The highest BCUT2D eigenvalue weighted by molar-refractivity contribution is 5.94. The second-order valence-corrected chi connectivity index (χ2v) is 6.02. The van der Waals surface area contributed by atoms with Gasteiger partial charge in [0.05, 0.1) is 5.56 Å². The predicted octanol–water partition coefficient (Wildman–Crippen LogP) is 1.50. The molecule has 1 N–H and O–H groups in total. The Kier molecular flexibility index (Phi) is 4.38. The number of piperidine rings is 1. The number of hydrogen-bond donors (Lipinski definition) is 1. The van der Waals surface area contributed by atoms with Crippen molar-refractivity contribution in [2.45, 2.75) is 26.2 Å². The lowest BCUT2D eigenvalue weighted by atomic mass is 9.93. The number of fused-ring (bicyclic) bond motifs is 1. The minimum Gasteiger partial charge on any atom is -0.339 e. The molecule has 1 aliphatic heterocycles. The molecule has 3 heterocycles. The normalized spacial score (nSPS) is 16.4. The predicted molar refractivity (Wildman–Crippen MR) is 84.9 cm³/mol. The van der Waals surface area contributed by atoms with Gasteiger partial charge in [0.15, 0.2) is 5.65 Å². The van der Waals surface area contributed by atoms with Crippen LogP contribution in [0.3, 0.4) is 0 Å². The number of aromatic nitrogens is 3. The molecule has 0 unspecified atom stereocenters. The van der Waals surface area contributed by atoms with Gasteiger partial charge in [-0.05, 0) is 57.8 Å². The van der Waals surface area contributed by atoms with Crippen molar-refractivity contribution in [3.8, 4) is 0 Å². The summed E-state index contributed by atoms with van der Waals surface area (Å²) in [5, 5.41) is 11.3. The highest BCUT2D eigenvalue weighted by Gasteiger charge is 2.23. The third-order valence-electron chi connectivity index (χ3n) is 4.52. The molecule has 22 heavy (non-hydrogen) atoms. The SMILES string of the molecule is CNCCC1CCN(C(=O)c2ccc3nnc(C)n3c2)CC1. The fourth-order valence-corrected chi connectivity index (χ4v) is 3.09. The molecular formula is C16H23N5O. The maximum atomic E-state index is 12.7. The van der Waals surface area contributed by atoms with Gasteiger partial charge in [0.1, 0.15) is 5.82 Å². The zero-order chi connectivity index (χ0) is 15.5. The number of pyridine rings is 1. The summed E-state index contributed by atoms with van der Waals surface area (Å²) in [5.41, 5.74) is 1.49. The fourth-order valence-electron chi connectivity index (χ4n) is 3.09. The molecule has 2 aromatic rings. The van der Waals surface area contributed by atoms with Gasteiger partial charge in [-0.1, -0.05) is 0 Å². The Bertz CT molecular complexity index is 658. The molecule has 1 aliphatic rings. The summed E-state index contributed by atoms with van der Waals surface area (Å²) in [5.74, 6) is 1.65. The van der Waals surface area contributed by atoms with Gasteiger partial charge >= 0.3 is 0 Å². The molecule has 0 atom stereocenters. The number of nitrogens with one attached hydrogen (secondary N) is 1. The lowest BCUT2D eigenvalue weighted by molar-refractivity contribution is 0.0686. The van der Waals surface area contributed by atoms with Crippen LogP contribution in [-0.2, 0) is 0 Å². The van der Waals surface area contributed by atoms with E-state index in [1.807, 2.05) is 41.6 Å². The Balaban J connectivity index is 1.67. The topological polar surface area (TPSA) is 62.5 Å². The maximum absolute atomic E-state index is 12.7. The van der Waals surface area contributed by atoms with Gasteiger partial charge in [-0.25, -0.2) is 0 Å². The third-order valence-corrected chi connectivity index (χ3v) is 4.52. The zero-order valence-electron chi connectivity index (χ0n) is 13.2. The summed E-state index contributed by atoms with van der Waals surface area (Å²) in [6, 6.07) is 3.70. The van der Waals surface area contributed by atoms with Crippen LogP contribution in [-0.4, -0.2) is 52.1 Å². The van der Waals surface area contributed by atoms with Crippen LogP contribution >= 0.6 is 0 Å². The van der Waals surface area contributed by atoms with Gasteiger partial charge in [0.2, 0.25) is 0 Å². The first-order valence-electron chi connectivity index (χ1n) is 7.94. The van der Waals surface area contributed by atoms with E-state index < -0.39 is 0 Å². The average molecular weight is 301 g/mol. The smallest absolute Gasteiger partial charge is 0.255 e. The molecule has 1 fully saturated rings. The van der Waals surface area contributed by atoms with Crippen LogP contribution in [0.1, 0.15) is 35.4 Å². The van der Waals surface area contributed by atoms with Crippen LogP contribution in [0.15, 0.2) is 18.3 Å². The number of amides is 1. The number of hydrogen-bond acceptors (Lipinski definition) is 4. The van der Waals surface area contributed by atoms with Gasteiger partial charge < -0.3 is 10.2 Å². The molecule has 118 valence electrons. The molecule has 6 nitrogen and oxygen atoms in total. The number of carbonyl (C=O) groups is 1. The Morgan fingerprint density at radius 1 is 1.32 bits per heavy atom. The minimum absolute atomic E-state index is 0.113. The van der Waals surface area contributed by atoms with E-state index in [2.05, 4.69) is 15.5 Å². The summed E-state index contributed by atoms with van der Waals surface area (Å²) in [4.78, 5) is 14.6. The van der Waals surface area contributed by atoms with Crippen molar-refractivity contribution < 1.29 is 4.79 Å². The molecular weight excluding hydrogens is 278 g/mol. The first-order valence-corrected chi connectivity index (χ1v) is 7.94. The summed E-state index contributed by atoms with van der Waals surface area (Å²) >= 11 is 0. The number of carbonyl (C=O) groups excluding carboxylic acids is 1. The van der Waals surface area contributed by atoms with Crippen LogP contribution in [0.2, 0.25) is 0 Å². The first kappa shape index (κ1) is 15.0. The summed E-state index contributed by atoms with van der Waals surface area (Å²) in [6.45, 7) is 4.66. The van der Waals surface area contributed by atoms with E-state index in [0.29, 0.717) is 5.56 Å². The quantitative estimate of drug-likeness (QED) is 0.929. The molecule has 1 amide bonds. The van der Waals surface area contributed by atoms with E-state index in [0.717, 1.165) is 49.9 Å². The average Bonchev–Trinajstić information content (AvgIpc) is 2.93. The highest BCUT2D eigenvalue weighted by Crippen LogP contribution is 2.21. The summed E-state index contributed by atoms with van der Waals surface area (Å²) in [6.07, 6.45) is 5.24. The first-order chi connectivity index (χ1) is 10.7. The van der Waals surface area contributed by atoms with Gasteiger partial charge in [-0.2, -0.15) is 0 Å². The van der Waals surface area contributed by atoms with Gasteiger partial charge in [0, 0.05) is 19.3 Å². The molecule has 2 aromatic heterocycles. The van der Waals surface area contributed by atoms with Crippen molar-refractivity contribution in [2.75, 3.05) is 26.7 Å². The van der Waals surface area contributed by atoms with E-state index in [1.54, 1.807) is 0 Å². The maximum Gasteiger partial charge on any atom is 0.255 e. The van der Waals surface area contributed by atoms with Gasteiger partial charge in [0.25, 0.3) is 5.91 Å². The van der Waals surface area contributed by atoms with Crippen LogP contribution in [0.5, 0.6) is 0 Å². The van der Waals surface area contributed by atoms with E-state index in [9.17, 15) is 4.79 Å². The Morgan fingerprint density at radius 3 is 2.82 bits per heavy atom. The van der Waals surface area contributed by atoms with Gasteiger partial charge in [-0.15, -0.1) is 10.2 Å². The highest BCUT2D eigenvalue weighted by atomic mass is 16.2. The Labute approximate surface area is 130 Å². The van der Waals surface area contributed by atoms with Crippen molar-refractivity contribution >= 4 is 11.6 Å². The lowest BCUT2D eigenvalue weighted by Crippen LogP contribution is -2.39. The lowest BCUT2D eigenvalue weighted by Gasteiger charge is -2.32. The monoisotopic (exact) mass is 301 g/mol. The van der Waals surface area contributed by atoms with Crippen LogP contribution in [0, 0.1) is 12.8 Å². The largest absolute Gasteiger partial charge is 0.339 e. The second-order valence-electron chi connectivity index (χ2n) is 6.02. The number of aryl methyl sites for hydroxylation is 1. The van der Waals surface area contributed by atoms with E-state index in [4.69, 9.17) is 0 Å². The van der Waals surface area contributed by atoms with E-state index >= 15 is 0 Å². The molecule has 0 aliphatic carbocycles. The second kappa shape index (κ2) is 6.44. The van der Waals surface area contributed by atoms with Crippen LogP contribution in [0.25, 0.3) is 5.65 Å². The molecule has 6 heteroatoms.